The van der Waals surface area contributed by atoms with Crippen LogP contribution in [-0.2, 0) is 16.7 Å². The van der Waals surface area contributed by atoms with E-state index in [9.17, 15) is 0 Å². The summed E-state index contributed by atoms with van der Waals surface area (Å²) in [6.45, 7) is 8.34. The summed E-state index contributed by atoms with van der Waals surface area (Å²) in [5.74, 6) is 0. The van der Waals surface area contributed by atoms with Gasteiger partial charge >= 0.3 is 0 Å². The minimum absolute atomic E-state index is 0.224. The number of morpholine rings is 1. The Morgan fingerprint density at radius 1 is 1.10 bits per heavy atom. The molecule has 0 unspecified atom stereocenters. The van der Waals surface area contributed by atoms with E-state index in [-0.39, 0.29) is 5.54 Å². The van der Waals surface area contributed by atoms with Crippen LogP contribution in [0.1, 0.15) is 30.9 Å². The molecule has 0 bridgehead atoms. The first kappa shape index (κ1) is 14.1. The maximum Gasteiger partial charge on any atom is 0.0594 e. The van der Waals surface area contributed by atoms with E-state index >= 15 is 0 Å². The van der Waals surface area contributed by atoms with E-state index in [4.69, 9.17) is 4.74 Å². The van der Waals surface area contributed by atoms with Crippen molar-refractivity contribution in [3.8, 4) is 0 Å². The van der Waals surface area contributed by atoms with Crippen molar-refractivity contribution in [1.82, 2.24) is 10.2 Å². The predicted octanol–water partition coefficient (Wildman–Crippen LogP) is 2.16. The van der Waals surface area contributed by atoms with E-state index in [2.05, 4.69) is 41.4 Å². The summed E-state index contributed by atoms with van der Waals surface area (Å²) in [6.07, 6.45) is 3.53. The minimum Gasteiger partial charge on any atom is -0.379 e. The Hall–Kier alpha value is -0.900. The quantitative estimate of drug-likeness (QED) is 0.914. The van der Waals surface area contributed by atoms with Crippen LogP contribution >= 0.6 is 0 Å². The Balaban J connectivity index is 1.90. The molecule has 0 radical (unpaired) electrons. The fraction of sp³-hybridized carbons (Fsp3) is 0.647. The van der Waals surface area contributed by atoms with Crippen molar-refractivity contribution in [2.24, 2.45) is 0 Å². The summed E-state index contributed by atoms with van der Waals surface area (Å²) >= 11 is 0. The molecule has 3 rings (SSSR count). The van der Waals surface area contributed by atoms with Crippen LogP contribution in [-0.4, -0.2) is 44.3 Å². The van der Waals surface area contributed by atoms with Gasteiger partial charge in [-0.15, -0.1) is 0 Å². The summed E-state index contributed by atoms with van der Waals surface area (Å²) in [5, 5.41) is 3.51. The lowest BCUT2D eigenvalue weighted by molar-refractivity contribution is -0.0376. The van der Waals surface area contributed by atoms with Gasteiger partial charge in [0.1, 0.15) is 0 Å². The highest BCUT2D eigenvalue weighted by Gasteiger charge is 2.39. The molecule has 1 aromatic rings. The molecular formula is C17H26N2O. The maximum absolute atomic E-state index is 5.55. The maximum atomic E-state index is 5.55. The van der Waals surface area contributed by atoms with E-state index in [1.165, 1.54) is 24.0 Å². The standard InChI is InChI=1S/C17H26N2O/c1-2-15-3-5-16(6-4-15)17(7-9-18-10-8-17)19-11-13-20-14-12-19/h3-6,18H,2,7-14H2,1H3. The first-order chi connectivity index (χ1) is 9.85. The number of rotatable bonds is 3. The summed E-state index contributed by atoms with van der Waals surface area (Å²) in [7, 11) is 0. The van der Waals surface area contributed by atoms with E-state index in [0.717, 1.165) is 45.8 Å². The van der Waals surface area contributed by atoms with Crippen LogP contribution in [0.25, 0.3) is 0 Å². The molecule has 2 aliphatic rings. The molecule has 2 aliphatic heterocycles. The zero-order valence-corrected chi connectivity index (χ0v) is 12.5. The summed E-state index contributed by atoms with van der Waals surface area (Å²) in [5.41, 5.74) is 3.15. The van der Waals surface area contributed by atoms with Crippen LogP contribution in [0, 0.1) is 0 Å². The van der Waals surface area contributed by atoms with Crippen molar-refractivity contribution < 1.29 is 4.74 Å². The van der Waals surface area contributed by atoms with Crippen molar-refractivity contribution in [3.63, 3.8) is 0 Å². The van der Waals surface area contributed by atoms with E-state index in [0.29, 0.717) is 0 Å². The molecule has 110 valence electrons. The number of ether oxygens (including phenoxy) is 1. The summed E-state index contributed by atoms with van der Waals surface area (Å²) in [6, 6.07) is 9.33. The van der Waals surface area contributed by atoms with Gasteiger partial charge in [-0.05, 0) is 43.5 Å². The number of nitrogens with zero attached hydrogens (tertiary/aromatic N) is 1. The number of hydrogen-bond donors (Lipinski definition) is 1. The summed E-state index contributed by atoms with van der Waals surface area (Å²) in [4.78, 5) is 2.66. The normalized spacial score (nSPS) is 23.6. The van der Waals surface area contributed by atoms with Gasteiger partial charge in [0.25, 0.3) is 0 Å². The molecule has 0 aromatic heterocycles. The van der Waals surface area contributed by atoms with Crippen molar-refractivity contribution in [3.05, 3.63) is 35.4 Å². The fourth-order valence-electron chi connectivity index (χ4n) is 3.67. The van der Waals surface area contributed by atoms with Gasteiger partial charge in [0.15, 0.2) is 0 Å². The molecule has 1 aromatic carbocycles. The Morgan fingerprint density at radius 3 is 2.35 bits per heavy atom. The van der Waals surface area contributed by atoms with E-state index in [1.54, 1.807) is 0 Å². The van der Waals surface area contributed by atoms with E-state index < -0.39 is 0 Å². The third-order valence-corrected chi connectivity index (χ3v) is 4.95. The minimum atomic E-state index is 0.224. The van der Waals surface area contributed by atoms with Gasteiger partial charge in [-0.1, -0.05) is 31.2 Å². The SMILES string of the molecule is CCc1ccc(C2(N3CCOCC3)CCNCC2)cc1. The second-order valence-corrected chi connectivity index (χ2v) is 5.93. The Bertz CT molecular complexity index is 417. The van der Waals surface area contributed by atoms with Gasteiger partial charge in [-0.25, -0.2) is 0 Å². The molecule has 0 amide bonds. The van der Waals surface area contributed by atoms with Crippen LogP contribution in [0.5, 0.6) is 0 Å². The number of nitrogens with one attached hydrogen (secondary N) is 1. The monoisotopic (exact) mass is 274 g/mol. The second kappa shape index (κ2) is 6.25. The Morgan fingerprint density at radius 2 is 1.75 bits per heavy atom. The van der Waals surface area contributed by atoms with Gasteiger partial charge in [-0.3, -0.25) is 4.90 Å². The van der Waals surface area contributed by atoms with E-state index in [1.807, 2.05) is 0 Å². The van der Waals surface area contributed by atoms with Gasteiger partial charge in [0.05, 0.1) is 13.2 Å². The molecule has 1 N–H and O–H groups in total. The molecule has 2 fully saturated rings. The molecule has 3 nitrogen and oxygen atoms in total. The molecule has 0 saturated carbocycles. The molecule has 20 heavy (non-hydrogen) atoms. The molecule has 3 heteroatoms. The lowest BCUT2D eigenvalue weighted by Crippen LogP contribution is -2.55. The molecular weight excluding hydrogens is 248 g/mol. The topological polar surface area (TPSA) is 24.5 Å². The van der Waals surface area contributed by atoms with Crippen LogP contribution in [0.4, 0.5) is 0 Å². The first-order valence-corrected chi connectivity index (χ1v) is 7.98. The zero-order valence-electron chi connectivity index (χ0n) is 12.5. The van der Waals surface area contributed by atoms with Crippen molar-refractivity contribution in [2.75, 3.05) is 39.4 Å². The van der Waals surface area contributed by atoms with Crippen LogP contribution < -0.4 is 5.32 Å². The lowest BCUT2D eigenvalue weighted by Gasteiger charge is -2.48. The molecule has 2 saturated heterocycles. The predicted molar refractivity (Wildman–Crippen MR) is 82.0 cm³/mol. The van der Waals surface area contributed by atoms with Crippen molar-refractivity contribution in [1.29, 1.82) is 0 Å². The fourth-order valence-corrected chi connectivity index (χ4v) is 3.67. The molecule has 2 heterocycles. The number of piperidine rings is 1. The Kier molecular flexibility index (Phi) is 4.39. The van der Waals surface area contributed by atoms with Crippen LogP contribution in [0.2, 0.25) is 0 Å². The number of hydrogen-bond acceptors (Lipinski definition) is 3. The van der Waals surface area contributed by atoms with Gasteiger partial charge in [0, 0.05) is 18.6 Å². The molecule has 0 spiro atoms. The molecule has 0 aliphatic carbocycles. The van der Waals surface area contributed by atoms with Gasteiger partial charge in [0.2, 0.25) is 0 Å². The smallest absolute Gasteiger partial charge is 0.0594 e. The van der Waals surface area contributed by atoms with Crippen molar-refractivity contribution >= 4 is 0 Å². The zero-order chi connectivity index (χ0) is 13.8. The number of aryl methyl sites for hydroxylation is 1. The highest BCUT2D eigenvalue weighted by molar-refractivity contribution is 5.30. The average molecular weight is 274 g/mol. The van der Waals surface area contributed by atoms with Crippen molar-refractivity contribution in [2.45, 2.75) is 31.7 Å². The summed E-state index contributed by atoms with van der Waals surface area (Å²) < 4.78 is 5.55. The first-order valence-electron chi connectivity index (χ1n) is 7.98. The molecule has 0 atom stereocenters. The highest BCUT2D eigenvalue weighted by Crippen LogP contribution is 2.37. The number of benzene rings is 1. The van der Waals surface area contributed by atoms with Crippen LogP contribution in [0.15, 0.2) is 24.3 Å². The largest absolute Gasteiger partial charge is 0.379 e. The average Bonchev–Trinajstić information content (AvgIpc) is 2.56. The second-order valence-electron chi connectivity index (χ2n) is 5.93. The lowest BCUT2D eigenvalue weighted by atomic mass is 9.79. The van der Waals surface area contributed by atoms with Crippen LogP contribution in [0.3, 0.4) is 0 Å². The highest BCUT2D eigenvalue weighted by atomic mass is 16.5. The Labute approximate surface area is 122 Å². The third-order valence-electron chi connectivity index (χ3n) is 4.95. The third kappa shape index (κ3) is 2.62. The van der Waals surface area contributed by atoms with Gasteiger partial charge in [-0.2, -0.15) is 0 Å². The van der Waals surface area contributed by atoms with Gasteiger partial charge < -0.3 is 10.1 Å².